The highest BCUT2D eigenvalue weighted by Gasteiger charge is 2.46. The molecule has 2 saturated carbocycles. The van der Waals surface area contributed by atoms with Gasteiger partial charge < -0.3 is 10.2 Å². The Morgan fingerprint density at radius 2 is 2.14 bits per heavy atom. The standard InChI is InChI=1S/C21H24ClF2N3OS/c22-17-10-16(27-8-7-21(23,24)13-27)3-4-18(17)29-11-14-1-2-15(9-14)19(28)26-20(12-25)5-6-20/h3-4,10,14-15H,1-2,5-9,11,13H2,(H,26,28)/t14-,15-/m1/s1. The monoisotopic (exact) mass is 439 g/mol. The minimum Gasteiger partial charge on any atom is -0.365 e. The van der Waals surface area contributed by atoms with Gasteiger partial charge in [0.1, 0.15) is 5.54 Å². The number of anilines is 1. The van der Waals surface area contributed by atoms with E-state index in [-0.39, 0.29) is 24.8 Å². The van der Waals surface area contributed by atoms with Crippen molar-refractivity contribution in [2.24, 2.45) is 11.8 Å². The van der Waals surface area contributed by atoms with Gasteiger partial charge in [0.2, 0.25) is 5.91 Å². The van der Waals surface area contributed by atoms with Gasteiger partial charge in [0.05, 0.1) is 17.6 Å². The number of alkyl halides is 2. The number of carbonyl (C=O) groups is 1. The number of benzene rings is 1. The third kappa shape index (κ3) is 4.80. The summed E-state index contributed by atoms with van der Waals surface area (Å²) < 4.78 is 26.9. The highest BCUT2D eigenvalue weighted by Crippen LogP contribution is 2.40. The van der Waals surface area contributed by atoms with Crippen molar-refractivity contribution in [2.75, 3.05) is 23.7 Å². The van der Waals surface area contributed by atoms with E-state index in [1.54, 1.807) is 22.7 Å². The van der Waals surface area contributed by atoms with Gasteiger partial charge in [-0.1, -0.05) is 11.6 Å². The maximum Gasteiger partial charge on any atom is 0.266 e. The normalized spacial score (nSPS) is 26.9. The first-order valence-electron chi connectivity index (χ1n) is 10.1. The van der Waals surface area contributed by atoms with Crippen molar-refractivity contribution in [2.45, 2.75) is 54.9 Å². The van der Waals surface area contributed by atoms with E-state index in [2.05, 4.69) is 11.4 Å². The third-order valence-electron chi connectivity index (χ3n) is 6.16. The molecule has 4 nitrogen and oxygen atoms in total. The van der Waals surface area contributed by atoms with Crippen molar-refractivity contribution in [1.29, 1.82) is 5.26 Å². The lowest BCUT2D eigenvalue weighted by Crippen LogP contribution is -2.39. The van der Waals surface area contributed by atoms with Crippen molar-refractivity contribution >= 4 is 35.0 Å². The van der Waals surface area contributed by atoms with Gasteiger partial charge in [-0.25, -0.2) is 8.78 Å². The Labute approximate surface area is 179 Å². The third-order valence-corrected chi connectivity index (χ3v) is 7.89. The van der Waals surface area contributed by atoms with E-state index in [0.29, 0.717) is 17.5 Å². The van der Waals surface area contributed by atoms with Crippen LogP contribution in [-0.2, 0) is 4.79 Å². The molecule has 1 amide bonds. The van der Waals surface area contributed by atoms with Crippen molar-refractivity contribution in [3.63, 3.8) is 0 Å². The van der Waals surface area contributed by atoms with Gasteiger partial charge in [-0.2, -0.15) is 5.26 Å². The van der Waals surface area contributed by atoms with Crippen LogP contribution in [-0.4, -0.2) is 36.2 Å². The van der Waals surface area contributed by atoms with Crippen molar-refractivity contribution < 1.29 is 13.6 Å². The number of halogens is 3. The number of hydrogen-bond donors (Lipinski definition) is 1. The molecule has 1 aromatic carbocycles. The summed E-state index contributed by atoms with van der Waals surface area (Å²) in [6, 6.07) is 7.74. The zero-order valence-corrected chi connectivity index (χ0v) is 17.7. The fourth-order valence-corrected chi connectivity index (χ4v) is 5.58. The van der Waals surface area contributed by atoms with Gasteiger partial charge in [-0.3, -0.25) is 4.79 Å². The molecule has 0 unspecified atom stereocenters. The van der Waals surface area contributed by atoms with Gasteiger partial charge in [0.15, 0.2) is 0 Å². The quantitative estimate of drug-likeness (QED) is 0.643. The Kier molecular flexibility index (Phi) is 5.69. The molecule has 1 aromatic rings. The highest BCUT2D eigenvalue weighted by atomic mass is 35.5. The zero-order chi connectivity index (χ0) is 20.6. The molecule has 2 aliphatic carbocycles. The average Bonchev–Trinajstić information content (AvgIpc) is 3.11. The second-order valence-corrected chi connectivity index (χ2v) is 9.98. The number of nitrogens with zero attached hydrogens (tertiary/aromatic N) is 2. The molecule has 29 heavy (non-hydrogen) atoms. The number of nitrogens with one attached hydrogen (secondary N) is 1. The van der Waals surface area contributed by atoms with Gasteiger partial charge in [-0.15, -0.1) is 11.8 Å². The predicted molar refractivity (Wildman–Crippen MR) is 111 cm³/mol. The molecule has 2 atom stereocenters. The summed E-state index contributed by atoms with van der Waals surface area (Å²) in [7, 11) is 0. The van der Waals surface area contributed by atoms with E-state index in [9.17, 15) is 13.6 Å². The topological polar surface area (TPSA) is 56.1 Å². The fourth-order valence-electron chi connectivity index (χ4n) is 4.16. The lowest BCUT2D eigenvalue weighted by atomic mass is 10.0. The number of hydrogen-bond acceptors (Lipinski definition) is 4. The minimum absolute atomic E-state index is 0.0129. The molecule has 156 valence electrons. The molecule has 1 N–H and O–H groups in total. The van der Waals surface area contributed by atoms with E-state index >= 15 is 0 Å². The first-order valence-corrected chi connectivity index (χ1v) is 11.4. The Morgan fingerprint density at radius 1 is 1.34 bits per heavy atom. The maximum absolute atomic E-state index is 13.4. The molecule has 0 aromatic heterocycles. The van der Waals surface area contributed by atoms with Crippen LogP contribution in [0.1, 0.15) is 38.5 Å². The van der Waals surface area contributed by atoms with Crippen molar-refractivity contribution in [1.82, 2.24) is 5.32 Å². The lowest BCUT2D eigenvalue weighted by molar-refractivity contribution is -0.125. The molecule has 0 spiro atoms. The number of rotatable bonds is 6. The molecule has 8 heteroatoms. The summed E-state index contributed by atoms with van der Waals surface area (Å²) in [5.41, 5.74) is 0.138. The Bertz CT molecular complexity index is 840. The van der Waals surface area contributed by atoms with Gasteiger partial charge in [0, 0.05) is 35.2 Å². The zero-order valence-electron chi connectivity index (χ0n) is 16.1. The van der Waals surface area contributed by atoms with Crippen molar-refractivity contribution in [3.05, 3.63) is 23.2 Å². The van der Waals surface area contributed by atoms with Crippen molar-refractivity contribution in [3.8, 4) is 6.07 Å². The fraction of sp³-hybridized carbons (Fsp3) is 0.619. The molecule has 1 saturated heterocycles. The van der Waals surface area contributed by atoms with E-state index in [1.807, 2.05) is 12.1 Å². The average molecular weight is 440 g/mol. The predicted octanol–water partition coefficient (Wildman–Crippen LogP) is 4.87. The van der Waals surface area contributed by atoms with Gasteiger partial charge in [0.25, 0.3) is 5.92 Å². The Balaban J connectivity index is 1.27. The summed E-state index contributed by atoms with van der Waals surface area (Å²) in [5.74, 6) is -1.32. The minimum atomic E-state index is -2.63. The summed E-state index contributed by atoms with van der Waals surface area (Å²) in [6.45, 7) is 0.0862. The summed E-state index contributed by atoms with van der Waals surface area (Å²) in [6.07, 6.45) is 4.07. The molecule has 4 rings (SSSR count). The Morgan fingerprint density at radius 3 is 2.76 bits per heavy atom. The lowest BCUT2D eigenvalue weighted by Gasteiger charge is -2.19. The van der Waals surface area contributed by atoms with Crippen LogP contribution >= 0.6 is 23.4 Å². The van der Waals surface area contributed by atoms with Crippen LogP contribution in [0.25, 0.3) is 0 Å². The second-order valence-electron chi connectivity index (χ2n) is 8.51. The maximum atomic E-state index is 13.4. The van der Waals surface area contributed by atoms with E-state index in [0.717, 1.165) is 48.4 Å². The van der Waals surface area contributed by atoms with Gasteiger partial charge in [-0.05, 0) is 56.2 Å². The number of thioether (sulfide) groups is 1. The van der Waals surface area contributed by atoms with Crippen LogP contribution in [0, 0.1) is 23.2 Å². The second kappa shape index (κ2) is 7.96. The Hall–Kier alpha value is -1.52. The molecule has 1 heterocycles. The first kappa shape index (κ1) is 20.7. The van der Waals surface area contributed by atoms with E-state index in [4.69, 9.17) is 16.9 Å². The number of amides is 1. The summed E-state index contributed by atoms with van der Waals surface area (Å²) in [5, 5.41) is 12.6. The molecule has 0 radical (unpaired) electrons. The molecule has 0 bridgehead atoms. The number of carbonyl (C=O) groups excluding carboxylic acids is 1. The van der Waals surface area contributed by atoms with Crippen LogP contribution in [0.2, 0.25) is 5.02 Å². The molecular weight excluding hydrogens is 416 g/mol. The number of nitriles is 1. The summed E-state index contributed by atoms with van der Waals surface area (Å²) >= 11 is 8.07. The molecule has 1 aliphatic heterocycles. The largest absolute Gasteiger partial charge is 0.365 e. The highest BCUT2D eigenvalue weighted by molar-refractivity contribution is 7.99. The molecule has 3 aliphatic rings. The van der Waals surface area contributed by atoms with E-state index in [1.165, 1.54) is 0 Å². The first-order chi connectivity index (χ1) is 13.8. The molecular formula is C21H24ClF2N3OS. The molecule has 3 fully saturated rings. The van der Waals surface area contributed by atoms with E-state index < -0.39 is 11.5 Å². The van der Waals surface area contributed by atoms with Gasteiger partial charge >= 0.3 is 0 Å². The smallest absolute Gasteiger partial charge is 0.266 e. The van der Waals surface area contributed by atoms with Crippen LogP contribution in [0.15, 0.2) is 23.1 Å². The SMILES string of the molecule is N#CC1(NC(=O)[C@@H]2CC[C@@H](CSc3ccc(N4CCC(F)(F)C4)cc3Cl)C2)CC1. The van der Waals surface area contributed by atoms with Crippen LogP contribution in [0.5, 0.6) is 0 Å². The van der Waals surface area contributed by atoms with Crippen LogP contribution < -0.4 is 10.2 Å². The van der Waals surface area contributed by atoms with Crippen LogP contribution in [0.3, 0.4) is 0 Å². The van der Waals surface area contributed by atoms with Crippen LogP contribution in [0.4, 0.5) is 14.5 Å². The summed E-state index contributed by atoms with van der Waals surface area (Å²) in [4.78, 5) is 15.0.